The van der Waals surface area contributed by atoms with Crippen LogP contribution in [0.3, 0.4) is 0 Å². The number of hydrogen-bond donors (Lipinski definition) is 0. The average molecular weight is 259 g/mol. The summed E-state index contributed by atoms with van der Waals surface area (Å²) in [4.78, 5) is 2.73. The van der Waals surface area contributed by atoms with E-state index in [9.17, 15) is 0 Å². The van der Waals surface area contributed by atoms with E-state index in [1.165, 1.54) is 0 Å². The van der Waals surface area contributed by atoms with Crippen LogP contribution in [-0.2, 0) is 0 Å². The van der Waals surface area contributed by atoms with Crippen LogP contribution in [0.1, 0.15) is 5.56 Å². The molecule has 0 atom stereocenters. The summed E-state index contributed by atoms with van der Waals surface area (Å²) in [6, 6.07) is 5.77. The van der Waals surface area contributed by atoms with E-state index >= 15 is 0 Å². The Morgan fingerprint density at radius 2 is 2.27 bits per heavy atom. The molecule has 1 rings (SSSR count). The van der Waals surface area contributed by atoms with Gasteiger partial charge < -0.3 is 0 Å². The van der Waals surface area contributed by atoms with Crippen LogP contribution in [-0.4, -0.2) is 0 Å². The summed E-state index contributed by atoms with van der Waals surface area (Å²) < 4.78 is 1.08. The summed E-state index contributed by atoms with van der Waals surface area (Å²) in [5, 5.41) is 3.54. The van der Waals surface area contributed by atoms with Crippen molar-refractivity contribution in [3.8, 4) is 0 Å². The molecule has 0 bridgehead atoms. The second-order valence-corrected chi connectivity index (χ2v) is 3.37. The van der Waals surface area contributed by atoms with E-state index in [0.29, 0.717) is 5.69 Å². The van der Waals surface area contributed by atoms with E-state index in [2.05, 4.69) is 32.6 Å². The van der Waals surface area contributed by atoms with Gasteiger partial charge in [-0.1, -0.05) is 11.2 Å². The van der Waals surface area contributed by atoms with Crippen LogP contribution in [0.5, 0.6) is 0 Å². The standard InChI is InChI=1S/C7H6IN3/c1-5-2-3-6(8)4-7(5)10-11-9/h2-4H,1H3. The molecule has 0 unspecified atom stereocenters. The van der Waals surface area contributed by atoms with Gasteiger partial charge in [-0.3, -0.25) is 0 Å². The minimum Gasteiger partial charge on any atom is -0.0605 e. The highest BCUT2D eigenvalue weighted by atomic mass is 127. The molecule has 0 saturated heterocycles. The van der Waals surface area contributed by atoms with E-state index in [-0.39, 0.29) is 0 Å². The maximum Gasteiger partial charge on any atom is 0.0415 e. The Morgan fingerprint density at radius 1 is 1.55 bits per heavy atom. The van der Waals surface area contributed by atoms with Crippen molar-refractivity contribution in [3.05, 3.63) is 37.8 Å². The molecule has 0 aromatic heterocycles. The zero-order valence-electron chi connectivity index (χ0n) is 5.95. The number of rotatable bonds is 1. The van der Waals surface area contributed by atoms with Gasteiger partial charge in [-0.25, -0.2) is 0 Å². The maximum atomic E-state index is 8.19. The molecule has 1 aromatic carbocycles. The van der Waals surface area contributed by atoms with E-state index < -0.39 is 0 Å². The van der Waals surface area contributed by atoms with Crippen molar-refractivity contribution in [1.29, 1.82) is 0 Å². The molecule has 0 N–H and O–H groups in total. The quantitative estimate of drug-likeness (QED) is 0.320. The Balaban J connectivity index is 3.22. The number of benzene rings is 1. The van der Waals surface area contributed by atoms with Gasteiger partial charge in [0.1, 0.15) is 0 Å². The highest BCUT2D eigenvalue weighted by molar-refractivity contribution is 14.1. The van der Waals surface area contributed by atoms with Gasteiger partial charge in [-0.05, 0) is 52.7 Å². The summed E-state index contributed by atoms with van der Waals surface area (Å²) in [6.45, 7) is 1.92. The largest absolute Gasteiger partial charge is 0.0605 e. The first-order valence-electron chi connectivity index (χ1n) is 3.05. The molecule has 11 heavy (non-hydrogen) atoms. The third-order valence-corrected chi connectivity index (χ3v) is 1.99. The Hall–Kier alpha value is -0.740. The predicted molar refractivity (Wildman–Crippen MR) is 52.7 cm³/mol. The Bertz CT molecular complexity index is 315. The molecule has 3 nitrogen and oxygen atoms in total. The van der Waals surface area contributed by atoms with Crippen LogP contribution in [0.25, 0.3) is 10.4 Å². The Kier molecular flexibility index (Phi) is 2.73. The van der Waals surface area contributed by atoms with E-state index in [0.717, 1.165) is 9.13 Å². The van der Waals surface area contributed by atoms with Crippen LogP contribution in [0.15, 0.2) is 23.3 Å². The third-order valence-electron chi connectivity index (χ3n) is 1.32. The van der Waals surface area contributed by atoms with Crippen molar-refractivity contribution in [1.82, 2.24) is 0 Å². The lowest BCUT2D eigenvalue weighted by Gasteiger charge is -1.97. The SMILES string of the molecule is Cc1ccc(I)cc1N=[N+]=[N-]. The van der Waals surface area contributed by atoms with Crippen molar-refractivity contribution < 1.29 is 0 Å². The lowest BCUT2D eigenvalue weighted by molar-refractivity contribution is 1.36. The van der Waals surface area contributed by atoms with Gasteiger partial charge in [0.15, 0.2) is 0 Å². The molecule has 0 heterocycles. The summed E-state index contributed by atoms with van der Waals surface area (Å²) in [5.41, 5.74) is 9.90. The Labute approximate surface area is 78.2 Å². The van der Waals surface area contributed by atoms with Crippen molar-refractivity contribution in [2.45, 2.75) is 6.92 Å². The molecule has 0 spiro atoms. The average Bonchev–Trinajstić information content (AvgIpc) is 1.98. The van der Waals surface area contributed by atoms with Gasteiger partial charge in [-0.2, -0.15) is 0 Å². The molecule has 56 valence electrons. The van der Waals surface area contributed by atoms with E-state index in [1.807, 2.05) is 25.1 Å². The highest BCUT2D eigenvalue weighted by Gasteiger charge is 1.94. The first-order chi connectivity index (χ1) is 5.24. The fourth-order valence-corrected chi connectivity index (χ4v) is 1.21. The molecule has 4 heteroatoms. The number of aryl methyl sites for hydroxylation is 1. The van der Waals surface area contributed by atoms with Gasteiger partial charge in [0, 0.05) is 14.2 Å². The van der Waals surface area contributed by atoms with Crippen LogP contribution in [0.4, 0.5) is 5.69 Å². The lowest BCUT2D eigenvalue weighted by atomic mass is 10.2. The predicted octanol–water partition coefficient (Wildman–Crippen LogP) is 3.54. The van der Waals surface area contributed by atoms with E-state index in [1.54, 1.807) is 0 Å². The molecular weight excluding hydrogens is 253 g/mol. The monoisotopic (exact) mass is 259 g/mol. The second kappa shape index (κ2) is 3.59. The summed E-state index contributed by atoms with van der Waals surface area (Å²) in [5.74, 6) is 0. The third kappa shape index (κ3) is 2.10. The van der Waals surface area contributed by atoms with Crippen molar-refractivity contribution in [2.75, 3.05) is 0 Å². The Morgan fingerprint density at radius 3 is 2.91 bits per heavy atom. The van der Waals surface area contributed by atoms with Crippen LogP contribution < -0.4 is 0 Å². The molecule has 0 aliphatic carbocycles. The van der Waals surface area contributed by atoms with Crippen LogP contribution in [0.2, 0.25) is 0 Å². The number of azide groups is 1. The highest BCUT2D eigenvalue weighted by Crippen LogP contribution is 2.20. The van der Waals surface area contributed by atoms with Crippen LogP contribution >= 0.6 is 22.6 Å². The molecule has 0 aliphatic heterocycles. The fourth-order valence-electron chi connectivity index (χ4n) is 0.738. The first kappa shape index (κ1) is 8.36. The van der Waals surface area contributed by atoms with Crippen molar-refractivity contribution >= 4 is 28.3 Å². The zero-order chi connectivity index (χ0) is 8.27. The topological polar surface area (TPSA) is 48.8 Å². The minimum absolute atomic E-state index is 0.708. The first-order valence-corrected chi connectivity index (χ1v) is 4.13. The maximum absolute atomic E-state index is 8.19. The van der Waals surface area contributed by atoms with Gasteiger partial charge in [0.25, 0.3) is 0 Å². The number of halogens is 1. The molecule has 0 aliphatic rings. The van der Waals surface area contributed by atoms with Crippen LogP contribution in [0, 0.1) is 10.5 Å². The summed E-state index contributed by atoms with van der Waals surface area (Å²) >= 11 is 2.18. The van der Waals surface area contributed by atoms with Gasteiger partial charge >= 0.3 is 0 Å². The molecular formula is C7H6IN3. The summed E-state index contributed by atoms with van der Waals surface area (Å²) in [6.07, 6.45) is 0. The normalized spacial score (nSPS) is 8.91. The fraction of sp³-hybridized carbons (Fsp3) is 0.143. The molecule has 0 saturated carbocycles. The molecule has 1 aromatic rings. The van der Waals surface area contributed by atoms with Crippen molar-refractivity contribution in [3.63, 3.8) is 0 Å². The zero-order valence-corrected chi connectivity index (χ0v) is 8.11. The van der Waals surface area contributed by atoms with Crippen molar-refractivity contribution in [2.24, 2.45) is 5.11 Å². The van der Waals surface area contributed by atoms with E-state index in [4.69, 9.17) is 5.53 Å². The molecule has 0 radical (unpaired) electrons. The minimum atomic E-state index is 0.708. The van der Waals surface area contributed by atoms with Gasteiger partial charge in [0.05, 0.1) is 0 Å². The summed E-state index contributed by atoms with van der Waals surface area (Å²) in [7, 11) is 0. The number of hydrogen-bond acceptors (Lipinski definition) is 1. The van der Waals surface area contributed by atoms with Gasteiger partial charge in [-0.15, -0.1) is 0 Å². The molecule has 0 fully saturated rings. The second-order valence-electron chi connectivity index (χ2n) is 2.12. The number of nitrogens with zero attached hydrogens (tertiary/aromatic N) is 3. The lowest BCUT2D eigenvalue weighted by Crippen LogP contribution is -1.74. The molecule has 0 amide bonds. The van der Waals surface area contributed by atoms with Gasteiger partial charge in [0.2, 0.25) is 0 Å². The smallest absolute Gasteiger partial charge is 0.0415 e.